The van der Waals surface area contributed by atoms with E-state index in [1.807, 2.05) is 26.0 Å². The summed E-state index contributed by atoms with van der Waals surface area (Å²) in [7, 11) is 0. The van der Waals surface area contributed by atoms with Crippen LogP contribution in [0.2, 0.25) is 0 Å². The second kappa shape index (κ2) is 6.89. The Morgan fingerprint density at radius 3 is 2.96 bits per heavy atom. The Bertz CT molecular complexity index is 637. The van der Waals surface area contributed by atoms with Gasteiger partial charge in [0, 0.05) is 17.7 Å². The molecular weight excluding hydrogens is 292 g/mol. The highest BCUT2D eigenvalue weighted by molar-refractivity contribution is 5.95. The summed E-state index contributed by atoms with van der Waals surface area (Å²) in [4.78, 5) is 18.0. The molecule has 1 atom stereocenters. The van der Waals surface area contributed by atoms with Crippen LogP contribution in [0.25, 0.3) is 0 Å². The summed E-state index contributed by atoms with van der Waals surface area (Å²) in [5, 5.41) is 13.6. The number of anilines is 1. The lowest BCUT2D eigenvalue weighted by molar-refractivity contribution is -0.121. The first-order valence-electron chi connectivity index (χ1n) is 8.15. The van der Waals surface area contributed by atoms with Gasteiger partial charge in [0.2, 0.25) is 0 Å². The number of carbonyl (C=O) groups is 1. The fourth-order valence-corrected chi connectivity index (χ4v) is 2.80. The highest BCUT2D eigenvalue weighted by atomic mass is 16.6. The number of hydrogen-bond donors (Lipinski definition) is 0. The Morgan fingerprint density at radius 1 is 1.39 bits per heavy atom. The molecule has 0 radical (unpaired) electrons. The van der Waals surface area contributed by atoms with Gasteiger partial charge in [0.05, 0.1) is 12.2 Å². The Morgan fingerprint density at radius 2 is 2.22 bits per heavy atom. The van der Waals surface area contributed by atoms with Gasteiger partial charge in [-0.2, -0.15) is 10.1 Å². The van der Waals surface area contributed by atoms with Gasteiger partial charge in [-0.1, -0.05) is 29.4 Å². The lowest BCUT2D eigenvalue weighted by Gasteiger charge is -2.22. The predicted molar refractivity (Wildman–Crippen MR) is 88.4 cm³/mol. The number of hydrogen-bond acceptors (Lipinski definition) is 5. The number of amides is 1. The normalized spacial score (nSPS) is 21.7. The lowest BCUT2D eigenvalue weighted by atomic mass is 10.0. The fraction of sp³-hybridized carbons (Fsp3) is 0.529. The molecule has 6 heteroatoms. The van der Waals surface area contributed by atoms with E-state index in [2.05, 4.69) is 21.6 Å². The molecule has 1 heterocycles. The van der Waals surface area contributed by atoms with Crippen LogP contribution in [0.5, 0.6) is 0 Å². The number of carbonyl (C=O) groups excluding carboxylic acids is 1. The SMILES string of the molecule is C/C=N\OCc1c(C2CC2)cccc1N1N=NCCC(C)C1=O. The van der Waals surface area contributed by atoms with Crippen LogP contribution in [0.4, 0.5) is 5.69 Å². The van der Waals surface area contributed by atoms with Crippen molar-refractivity contribution in [3.8, 4) is 0 Å². The molecule has 0 aromatic heterocycles. The largest absolute Gasteiger partial charge is 0.391 e. The lowest BCUT2D eigenvalue weighted by Crippen LogP contribution is -2.30. The van der Waals surface area contributed by atoms with Gasteiger partial charge in [0.15, 0.2) is 0 Å². The zero-order valence-electron chi connectivity index (χ0n) is 13.6. The van der Waals surface area contributed by atoms with Crippen molar-refractivity contribution in [1.29, 1.82) is 0 Å². The van der Waals surface area contributed by atoms with Gasteiger partial charge in [-0.15, -0.1) is 0 Å². The van der Waals surface area contributed by atoms with Crippen molar-refractivity contribution in [1.82, 2.24) is 0 Å². The first-order chi connectivity index (χ1) is 11.2. The molecule has 3 rings (SSSR count). The van der Waals surface area contributed by atoms with Gasteiger partial charge in [-0.3, -0.25) is 4.79 Å². The first kappa shape index (κ1) is 15.6. The number of rotatable bonds is 5. The van der Waals surface area contributed by atoms with E-state index in [0.717, 1.165) is 17.7 Å². The summed E-state index contributed by atoms with van der Waals surface area (Å²) in [5.74, 6) is 0.451. The van der Waals surface area contributed by atoms with E-state index in [9.17, 15) is 4.79 Å². The van der Waals surface area contributed by atoms with E-state index in [4.69, 9.17) is 4.84 Å². The van der Waals surface area contributed by atoms with E-state index in [1.54, 1.807) is 6.21 Å². The van der Waals surface area contributed by atoms with Crippen molar-refractivity contribution < 1.29 is 9.63 Å². The summed E-state index contributed by atoms with van der Waals surface area (Å²) in [6, 6.07) is 6.00. The van der Waals surface area contributed by atoms with Crippen LogP contribution in [0, 0.1) is 5.92 Å². The quantitative estimate of drug-likeness (QED) is 0.612. The third-order valence-electron chi connectivity index (χ3n) is 4.27. The molecule has 1 unspecified atom stereocenters. The molecule has 0 N–H and O–H groups in total. The Labute approximate surface area is 136 Å². The van der Waals surface area contributed by atoms with Crippen molar-refractivity contribution in [3.63, 3.8) is 0 Å². The average molecular weight is 314 g/mol. The molecule has 0 spiro atoms. The monoisotopic (exact) mass is 314 g/mol. The maximum atomic E-state index is 12.6. The molecule has 0 bridgehead atoms. The van der Waals surface area contributed by atoms with Crippen molar-refractivity contribution >= 4 is 17.8 Å². The summed E-state index contributed by atoms with van der Waals surface area (Å²) in [6.45, 7) is 4.65. The average Bonchev–Trinajstić information content (AvgIpc) is 3.39. The zero-order chi connectivity index (χ0) is 16.2. The minimum absolute atomic E-state index is 0.0144. The van der Waals surface area contributed by atoms with Gasteiger partial charge >= 0.3 is 0 Å². The second-order valence-electron chi connectivity index (χ2n) is 6.05. The number of oxime groups is 1. The van der Waals surface area contributed by atoms with Gasteiger partial charge in [-0.05, 0) is 43.7 Å². The maximum Gasteiger partial charge on any atom is 0.251 e. The van der Waals surface area contributed by atoms with Gasteiger partial charge in [-0.25, -0.2) is 0 Å². The summed E-state index contributed by atoms with van der Waals surface area (Å²) in [6.07, 6.45) is 4.70. The molecule has 1 aromatic rings. The molecule has 1 aliphatic heterocycles. The Kier molecular flexibility index (Phi) is 4.69. The number of benzene rings is 1. The molecule has 1 aromatic carbocycles. The molecule has 6 nitrogen and oxygen atoms in total. The summed E-state index contributed by atoms with van der Waals surface area (Å²) < 4.78 is 0. The maximum absolute atomic E-state index is 12.6. The van der Waals surface area contributed by atoms with Gasteiger partial charge in [0.25, 0.3) is 5.91 Å². The predicted octanol–water partition coefficient (Wildman–Crippen LogP) is 3.83. The van der Waals surface area contributed by atoms with Crippen LogP contribution in [0.3, 0.4) is 0 Å². The van der Waals surface area contributed by atoms with E-state index in [-0.39, 0.29) is 11.8 Å². The molecule has 0 saturated heterocycles. The van der Waals surface area contributed by atoms with Crippen LogP contribution in [-0.2, 0) is 16.2 Å². The van der Waals surface area contributed by atoms with Crippen LogP contribution in [-0.4, -0.2) is 18.7 Å². The third kappa shape index (κ3) is 3.41. The molecule has 1 fully saturated rings. The zero-order valence-corrected chi connectivity index (χ0v) is 13.6. The fourth-order valence-electron chi connectivity index (χ4n) is 2.80. The topological polar surface area (TPSA) is 66.6 Å². The minimum atomic E-state index is -0.0861. The second-order valence-corrected chi connectivity index (χ2v) is 6.05. The van der Waals surface area contributed by atoms with Gasteiger partial charge in [0.1, 0.15) is 6.61 Å². The van der Waals surface area contributed by atoms with Crippen LogP contribution < -0.4 is 5.01 Å². The third-order valence-corrected chi connectivity index (χ3v) is 4.27. The van der Waals surface area contributed by atoms with E-state index in [0.29, 0.717) is 19.1 Å². The highest BCUT2D eigenvalue weighted by Gasteiger charge is 2.31. The van der Waals surface area contributed by atoms with E-state index >= 15 is 0 Å². The van der Waals surface area contributed by atoms with E-state index in [1.165, 1.54) is 23.4 Å². The smallest absolute Gasteiger partial charge is 0.251 e. The minimum Gasteiger partial charge on any atom is -0.391 e. The standard InChI is InChI=1S/C17H22N4O2/c1-3-19-23-11-15-14(13-7-8-13)5-4-6-16(15)21-17(22)12(2)9-10-18-20-21/h3-6,12-13H,7-11H2,1-2H3/b19-3-. The van der Waals surface area contributed by atoms with Crippen molar-refractivity contribution in [3.05, 3.63) is 29.3 Å². The molecular formula is C17H22N4O2. The molecule has 23 heavy (non-hydrogen) atoms. The van der Waals surface area contributed by atoms with Crippen molar-refractivity contribution in [2.75, 3.05) is 11.6 Å². The summed E-state index contributed by atoms with van der Waals surface area (Å²) in [5.41, 5.74) is 2.99. The molecule has 1 aliphatic carbocycles. The van der Waals surface area contributed by atoms with E-state index < -0.39 is 0 Å². The highest BCUT2D eigenvalue weighted by Crippen LogP contribution is 2.44. The Hall–Kier alpha value is -2.24. The number of nitrogens with zero attached hydrogens (tertiary/aromatic N) is 4. The van der Waals surface area contributed by atoms with Crippen LogP contribution in [0.15, 0.2) is 33.7 Å². The molecule has 2 aliphatic rings. The molecule has 1 saturated carbocycles. The van der Waals surface area contributed by atoms with Gasteiger partial charge < -0.3 is 4.84 Å². The first-order valence-corrected chi connectivity index (χ1v) is 8.15. The van der Waals surface area contributed by atoms with Crippen LogP contribution in [0.1, 0.15) is 50.2 Å². The van der Waals surface area contributed by atoms with Crippen LogP contribution >= 0.6 is 0 Å². The van der Waals surface area contributed by atoms with Crippen molar-refractivity contribution in [2.24, 2.45) is 21.4 Å². The van der Waals surface area contributed by atoms with Crippen molar-refractivity contribution in [2.45, 2.75) is 45.6 Å². The summed E-state index contributed by atoms with van der Waals surface area (Å²) >= 11 is 0. The molecule has 122 valence electrons. The molecule has 1 amide bonds. The Balaban J connectivity index is 1.99.